The van der Waals surface area contributed by atoms with Gasteiger partial charge in [0.25, 0.3) is 0 Å². The number of hydrogen-bond donors (Lipinski definition) is 2. The van der Waals surface area contributed by atoms with E-state index in [0.29, 0.717) is 5.92 Å². The summed E-state index contributed by atoms with van der Waals surface area (Å²) < 4.78 is 0. The maximum absolute atomic E-state index is 12.1. The molecular formula is C18H33N3O2. The van der Waals surface area contributed by atoms with Gasteiger partial charge in [0.2, 0.25) is 11.8 Å². The summed E-state index contributed by atoms with van der Waals surface area (Å²) in [5.41, 5.74) is 0. The van der Waals surface area contributed by atoms with E-state index in [-0.39, 0.29) is 24.3 Å². The van der Waals surface area contributed by atoms with E-state index in [9.17, 15) is 9.59 Å². The van der Waals surface area contributed by atoms with Crippen LogP contribution in [0, 0.1) is 17.8 Å². The molecule has 1 saturated carbocycles. The van der Waals surface area contributed by atoms with Crippen molar-refractivity contribution in [1.29, 1.82) is 0 Å². The van der Waals surface area contributed by atoms with E-state index < -0.39 is 0 Å². The first-order valence-electron chi connectivity index (χ1n) is 9.31. The number of carbonyl (C=O) groups is 2. The largest absolute Gasteiger partial charge is 0.354 e. The molecule has 1 aliphatic carbocycles. The maximum Gasteiger partial charge on any atom is 0.239 e. The number of amides is 2. The molecule has 1 atom stereocenters. The molecule has 2 rings (SSSR count). The number of rotatable bonds is 6. The minimum Gasteiger partial charge on any atom is -0.354 e. The lowest BCUT2D eigenvalue weighted by Crippen LogP contribution is -2.43. The lowest BCUT2D eigenvalue weighted by Gasteiger charge is -2.29. The lowest BCUT2D eigenvalue weighted by atomic mass is 9.80. The monoisotopic (exact) mass is 323 g/mol. The van der Waals surface area contributed by atoms with Crippen LogP contribution in [-0.4, -0.2) is 49.9 Å². The Morgan fingerprint density at radius 3 is 2.43 bits per heavy atom. The summed E-state index contributed by atoms with van der Waals surface area (Å²) in [6.07, 6.45) is 7.84. The second-order valence-electron chi connectivity index (χ2n) is 7.42. The SMILES string of the molecule is CCC1CCC(C(=O)NCC(=O)NC[C@H]2CCCN(C)C2)CC1. The minimum atomic E-state index is -0.0613. The normalized spacial score (nSPS) is 29.0. The van der Waals surface area contributed by atoms with Gasteiger partial charge in [0.1, 0.15) is 0 Å². The zero-order valence-corrected chi connectivity index (χ0v) is 14.8. The molecule has 0 spiro atoms. The van der Waals surface area contributed by atoms with Crippen molar-refractivity contribution in [2.24, 2.45) is 17.8 Å². The Bertz CT molecular complexity index is 392. The molecule has 2 N–H and O–H groups in total. The van der Waals surface area contributed by atoms with Gasteiger partial charge in [0, 0.05) is 19.0 Å². The Morgan fingerprint density at radius 1 is 1.04 bits per heavy atom. The fourth-order valence-electron chi connectivity index (χ4n) is 3.91. The van der Waals surface area contributed by atoms with Crippen LogP contribution < -0.4 is 10.6 Å². The van der Waals surface area contributed by atoms with Gasteiger partial charge in [-0.05, 0) is 64.0 Å². The number of hydrogen-bond acceptors (Lipinski definition) is 3. The van der Waals surface area contributed by atoms with Gasteiger partial charge in [-0.1, -0.05) is 13.3 Å². The van der Waals surface area contributed by atoms with Crippen molar-refractivity contribution in [2.45, 2.75) is 51.9 Å². The van der Waals surface area contributed by atoms with Gasteiger partial charge in [-0.2, -0.15) is 0 Å². The van der Waals surface area contributed by atoms with Gasteiger partial charge in [-0.25, -0.2) is 0 Å². The highest BCUT2D eigenvalue weighted by molar-refractivity contribution is 5.85. The van der Waals surface area contributed by atoms with E-state index in [0.717, 1.165) is 51.2 Å². The first kappa shape index (κ1) is 18.2. The topological polar surface area (TPSA) is 61.4 Å². The number of nitrogens with one attached hydrogen (secondary N) is 2. The number of nitrogens with zero attached hydrogens (tertiary/aromatic N) is 1. The van der Waals surface area contributed by atoms with Crippen molar-refractivity contribution >= 4 is 11.8 Å². The fraction of sp³-hybridized carbons (Fsp3) is 0.889. The molecule has 132 valence electrons. The van der Waals surface area contributed by atoms with E-state index in [1.807, 2.05) is 0 Å². The molecule has 1 saturated heterocycles. The van der Waals surface area contributed by atoms with Crippen LogP contribution in [0.3, 0.4) is 0 Å². The minimum absolute atomic E-state index is 0.0613. The molecule has 0 aromatic rings. The van der Waals surface area contributed by atoms with Crippen molar-refractivity contribution in [3.05, 3.63) is 0 Å². The Balaban J connectivity index is 1.59. The second kappa shape index (κ2) is 9.26. The Kier molecular flexibility index (Phi) is 7.34. The molecule has 0 aromatic carbocycles. The van der Waals surface area contributed by atoms with Crippen molar-refractivity contribution in [3.63, 3.8) is 0 Å². The van der Waals surface area contributed by atoms with Gasteiger partial charge in [0.05, 0.1) is 6.54 Å². The van der Waals surface area contributed by atoms with Gasteiger partial charge in [0.15, 0.2) is 0 Å². The molecule has 5 heteroatoms. The summed E-state index contributed by atoms with van der Waals surface area (Å²) in [6, 6.07) is 0. The average molecular weight is 323 g/mol. The first-order chi connectivity index (χ1) is 11.1. The summed E-state index contributed by atoms with van der Waals surface area (Å²) in [4.78, 5) is 26.4. The summed E-state index contributed by atoms with van der Waals surface area (Å²) in [5.74, 6) is 1.44. The predicted molar refractivity (Wildman–Crippen MR) is 92.0 cm³/mol. The third kappa shape index (κ3) is 6.13. The molecule has 1 aliphatic heterocycles. The van der Waals surface area contributed by atoms with Crippen LogP contribution in [0.5, 0.6) is 0 Å². The Morgan fingerprint density at radius 2 is 1.78 bits per heavy atom. The molecule has 2 aliphatic rings. The van der Waals surface area contributed by atoms with Crippen LogP contribution in [0.25, 0.3) is 0 Å². The van der Waals surface area contributed by atoms with Crippen LogP contribution in [0.2, 0.25) is 0 Å². The quantitative estimate of drug-likeness (QED) is 0.783. The number of likely N-dealkylation sites (tertiary alicyclic amines) is 1. The highest BCUT2D eigenvalue weighted by Crippen LogP contribution is 2.30. The molecule has 0 aromatic heterocycles. The molecule has 2 amide bonds. The van der Waals surface area contributed by atoms with Gasteiger partial charge in [-0.3, -0.25) is 9.59 Å². The third-order valence-electron chi connectivity index (χ3n) is 5.53. The molecule has 0 radical (unpaired) electrons. The van der Waals surface area contributed by atoms with Gasteiger partial charge < -0.3 is 15.5 Å². The highest BCUT2D eigenvalue weighted by Gasteiger charge is 2.25. The van der Waals surface area contributed by atoms with Crippen LogP contribution in [0.15, 0.2) is 0 Å². The van der Waals surface area contributed by atoms with E-state index in [4.69, 9.17) is 0 Å². The zero-order chi connectivity index (χ0) is 16.7. The van der Waals surface area contributed by atoms with E-state index in [1.54, 1.807) is 0 Å². The Hall–Kier alpha value is -1.10. The zero-order valence-electron chi connectivity index (χ0n) is 14.8. The van der Waals surface area contributed by atoms with Crippen molar-refractivity contribution in [3.8, 4) is 0 Å². The molecule has 1 heterocycles. The standard InChI is InChI=1S/C18H33N3O2/c1-3-14-6-8-16(9-7-14)18(23)20-12-17(22)19-11-15-5-4-10-21(2)13-15/h14-16H,3-13H2,1-2H3,(H,19,22)(H,20,23)/t14?,15-,16?/m1/s1. The number of carbonyl (C=O) groups excluding carboxylic acids is 2. The van der Waals surface area contributed by atoms with Crippen molar-refractivity contribution < 1.29 is 9.59 Å². The van der Waals surface area contributed by atoms with Crippen LogP contribution in [0.4, 0.5) is 0 Å². The molecule has 5 nitrogen and oxygen atoms in total. The van der Waals surface area contributed by atoms with Crippen LogP contribution >= 0.6 is 0 Å². The Labute approximate surface area is 140 Å². The average Bonchev–Trinajstić information content (AvgIpc) is 2.58. The fourth-order valence-corrected chi connectivity index (χ4v) is 3.91. The maximum atomic E-state index is 12.1. The summed E-state index contributed by atoms with van der Waals surface area (Å²) >= 11 is 0. The van der Waals surface area contributed by atoms with Crippen molar-refractivity contribution in [2.75, 3.05) is 33.2 Å². The predicted octanol–water partition coefficient (Wildman–Crippen LogP) is 1.78. The molecular weight excluding hydrogens is 290 g/mol. The molecule has 2 fully saturated rings. The second-order valence-corrected chi connectivity index (χ2v) is 7.42. The van der Waals surface area contributed by atoms with E-state index in [1.165, 1.54) is 19.3 Å². The summed E-state index contributed by atoms with van der Waals surface area (Å²) in [6.45, 7) is 5.27. The lowest BCUT2D eigenvalue weighted by molar-refractivity contribution is -0.129. The smallest absolute Gasteiger partial charge is 0.239 e. The van der Waals surface area contributed by atoms with Crippen LogP contribution in [-0.2, 0) is 9.59 Å². The van der Waals surface area contributed by atoms with Gasteiger partial charge >= 0.3 is 0 Å². The van der Waals surface area contributed by atoms with Gasteiger partial charge in [-0.15, -0.1) is 0 Å². The molecule has 23 heavy (non-hydrogen) atoms. The molecule has 0 unspecified atom stereocenters. The van der Waals surface area contributed by atoms with Crippen molar-refractivity contribution in [1.82, 2.24) is 15.5 Å². The van der Waals surface area contributed by atoms with E-state index in [2.05, 4.69) is 29.5 Å². The molecule has 0 bridgehead atoms. The van der Waals surface area contributed by atoms with Crippen LogP contribution in [0.1, 0.15) is 51.9 Å². The first-order valence-corrected chi connectivity index (χ1v) is 9.31. The van der Waals surface area contributed by atoms with E-state index >= 15 is 0 Å². The summed E-state index contributed by atoms with van der Waals surface area (Å²) in [5, 5.41) is 5.79. The third-order valence-corrected chi connectivity index (χ3v) is 5.53. The highest BCUT2D eigenvalue weighted by atomic mass is 16.2. The number of piperidine rings is 1. The summed E-state index contributed by atoms with van der Waals surface area (Å²) in [7, 11) is 2.13.